The van der Waals surface area contributed by atoms with Gasteiger partial charge in [-0.2, -0.15) is 0 Å². The maximum Gasteiger partial charge on any atom is 0.307 e. The van der Waals surface area contributed by atoms with E-state index in [0.717, 1.165) is 12.8 Å². The average molecular weight is 295 g/mol. The average Bonchev–Trinajstić information content (AvgIpc) is 2.46. The monoisotopic (exact) mass is 295 g/mol. The minimum absolute atomic E-state index is 0.0224. The molecule has 0 aromatic rings. The van der Waals surface area contributed by atoms with E-state index in [9.17, 15) is 14.7 Å². The predicted molar refractivity (Wildman–Crippen MR) is 83.9 cm³/mol. The van der Waals surface area contributed by atoms with E-state index in [0.29, 0.717) is 25.3 Å². The highest BCUT2D eigenvalue weighted by Crippen LogP contribution is 2.29. The van der Waals surface area contributed by atoms with E-state index in [1.54, 1.807) is 0 Å². The zero-order chi connectivity index (χ0) is 16.0. The lowest BCUT2D eigenvalue weighted by Gasteiger charge is -2.37. The number of carboxylic acids is 1. The van der Waals surface area contributed by atoms with Gasteiger partial charge in [0, 0.05) is 12.6 Å². The molecule has 4 nitrogen and oxygen atoms in total. The highest BCUT2D eigenvalue weighted by molar-refractivity contribution is 5.85. The largest absolute Gasteiger partial charge is 0.481 e. The van der Waals surface area contributed by atoms with E-state index in [1.165, 1.54) is 0 Å². The molecule has 0 radical (unpaired) electrons. The molecule has 0 aliphatic heterocycles. The molecular formula is C17H29NO3. The Morgan fingerprint density at radius 3 is 2.10 bits per heavy atom. The van der Waals surface area contributed by atoms with Crippen LogP contribution in [0.3, 0.4) is 0 Å². The van der Waals surface area contributed by atoms with Crippen molar-refractivity contribution in [3.8, 4) is 0 Å². The van der Waals surface area contributed by atoms with Crippen LogP contribution in [0.4, 0.5) is 0 Å². The van der Waals surface area contributed by atoms with Gasteiger partial charge in [0.1, 0.15) is 0 Å². The molecule has 4 heteroatoms. The summed E-state index contributed by atoms with van der Waals surface area (Å²) in [5.74, 6) is -1.43. The number of rotatable bonds is 7. The van der Waals surface area contributed by atoms with Crippen LogP contribution in [0.1, 0.15) is 53.4 Å². The molecule has 0 spiro atoms. The van der Waals surface area contributed by atoms with Gasteiger partial charge >= 0.3 is 5.97 Å². The molecule has 2 atom stereocenters. The summed E-state index contributed by atoms with van der Waals surface area (Å²) in [5.41, 5.74) is 0. The summed E-state index contributed by atoms with van der Waals surface area (Å²) in [6.45, 7) is 9.07. The molecule has 1 N–H and O–H groups in total. The topological polar surface area (TPSA) is 57.6 Å². The van der Waals surface area contributed by atoms with Gasteiger partial charge in [-0.05, 0) is 31.6 Å². The number of carbonyl (C=O) groups excluding carboxylic acids is 1. The molecule has 0 aromatic heterocycles. The highest BCUT2D eigenvalue weighted by atomic mass is 16.4. The van der Waals surface area contributed by atoms with Gasteiger partial charge < -0.3 is 10.0 Å². The molecule has 0 saturated heterocycles. The van der Waals surface area contributed by atoms with E-state index >= 15 is 0 Å². The van der Waals surface area contributed by atoms with Gasteiger partial charge in [0.05, 0.1) is 11.8 Å². The van der Waals surface area contributed by atoms with Crippen molar-refractivity contribution in [3.63, 3.8) is 0 Å². The number of hydrogen-bond donors (Lipinski definition) is 1. The molecule has 0 bridgehead atoms. The van der Waals surface area contributed by atoms with Crippen LogP contribution in [-0.2, 0) is 9.59 Å². The first kappa shape index (κ1) is 17.7. The van der Waals surface area contributed by atoms with Crippen LogP contribution >= 0.6 is 0 Å². The predicted octanol–water partition coefficient (Wildman–Crippen LogP) is 3.33. The van der Waals surface area contributed by atoms with Crippen molar-refractivity contribution in [2.24, 2.45) is 17.8 Å². The molecule has 0 heterocycles. The Morgan fingerprint density at radius 2 is 1.67 bits per heavy atom. The Balaban J connectivity index is 2.97. The number of amides is 1. The van der Waals surface area contributed by atoms with Crippen molar-refractivity contribution < 1.29 is 14.7 Å². The minimum atomic E-state index is -0.855. The van der Waals surface area contributed by atoms with Crippen molar-refractivity contribution in [2.45, 2.75) is 59.4 Å². The SMILES string of the molecule is CCC(CC)N(CC(C)C)C(=O)[C@@H]1CC=CC[C@@H]1C(=O)O. The molecular weight excluding hydrogens is 266 g/mol. The van der Waals surface area contributed by atoms with E-state index in [4.69, 9.17) is 0 Å². The molecule has 0 aromatic carbocycles. The lowest BCUT2D eigenvalue weighted by molar-refractivity contribution is -0.152. The second kappa shape index (κ2) is 8.20. The zero-order valence-corrected chi connectivity index (χ0v) is 13.7. The van der Waals surface area contributed by atoms with Crippen LogP contribution in [-0.4, -0.2) is 34.5 Å². The van der Waals surface area contributed by atoms with Crippen LogP contribution < -0.4 is 0 Å². The fraction of sp³-hybridized carbons (Fsp3) is 0.765. The number of carbonyl (C=O) groups is 2. The van der Waals surface area contributed by atoms with Gasteiger partial charge in [-0.1, -0.05) is 39.8 Å². The summed E-state index contributed by atoms with van der Waals surface area (Å²) in [6.07, 6.45) is 6.66. The molecule has 1 aliphatic carbocycles. The van der Waals surface area contributed by atoms with Crippen molar-refractivity contribution in [1.82, 2.24) is 4.90 Å². The van der Waals surface area contributed by atoms with Gasteiger partial charge in [-0.25, -0.2) is 0 Å². The fourth-order valence-electron chi connectivity index (χ4n) is 3.11. The van der Waals surface area contributed by atoms with E-state index in [1.807, 2.05) is 17.1 Å². The quantitative estimate of drug-likeness (QED) is 0.733. The first-order valence-electron chi connectivity index (χ1n) is 8.10. The molecule has 0 unspecified atom stereocenters. The van der Waals surface area contributed by atoms with Gasteiger partial charge in [-0.3, -0.25) is 9.59 Å². The normalized spacial score (nSPS) is 21.8. The Bertz CT molecular complexity index is 385. The highest BCUT2D eigenvalue weighted by Gasteiger charge is 2.37. The Labute approximate surface area is 128 Å². The van der Waals surface area contributed by atoms with Gasteiger partial charge in [0.15, 0.2) is 0 Å². The van der Waals surface area contributed by atoms with Crippen molar-refractivity contribution in [1.29, 1.82) is 0 Å². The maximum atomic E-state index is 12.9. The summed E-state index contributed by atoms with van der Waals surface area (Å²) in [4.78, 5) is 26.3. The van der Waals surface area contributed by atoms with Crippen LogP contribution in [0, 0.1) is 17.8 Å². The molecule has 1 rings (SSSR count). The Morgan fingerprint density at radius 1 is 1.14 bits per heavy atom. The smallest absolute Gasteiger partial charge is 0.307 e. The lowest BCUT2D eigenvalue weighted by atomic mass is 9.81. The zero-order valence-electron chi connectivity index (χ0n) is 13.7. The third-order valence-corrected chi connectivity index (χ3v) is 4.29. The van der Waals surface area contributed by atoms with E-state index < -0.39 is 17.8 Å². The molecule has 120 valence electrons. The summed E-state index contributed by atoms with van der Waals surface area (Å²) >= 11 is 0. The minimum Gasteiger partial charge on any atom is -0.481 e. The molecule has 0 fully saturated rings. The summed E-state index contributed by atoms with van der Waals surface area (Å²) in [6, 6.07) is 0.209. The number of aliphatic carboxylic acids is 1. The van der Waals surface area contributed by atoms with Gasteiger partial charge in [-0.15, -0.1) is 0 Å². The summed E-state index contributed by atoms with van der Waals surface area (Å²) in [7, 11) is 0. The second-order valence-electron chi connectivity index (χ2n) is 6.35. The van der Waals surface area contributed by atoms with Crippen LogP contribution in [0.5, 0.6) is 0 Å². The first-order chi connectivity index (χ1) is 9.92. The summed E-state index contributed by atoms with van der Waals surface area (Å²) in [5, 5.41) is 9.37. The molecule has 0 saturated carbocycles. The number of allylic oxidation sites excluding steroid dienone is 2. The fourth-order valence-corrected chi connectivity index (χ4v) is 3.11. The Hall–Kier alpha value is -1.32. The molecule has 1 aliphatic rings. The van der Waals surface area contributed by atoms with Crippen molar-refractivity contribution >= 4 is 11.9 Å². The van der Waals surface area contributed by atoms with E-state index in [2.05, 4.69) is 27.7 Å². The summed E-state index contributed by atoms with van der Waals surface area (Å²) < 4.78 is 0. The van der Waals surface area contributed by atoms with Crippen molar-refractivity contribution in [3.05, 3.63) is 12.2 Å². The second-order valence-corrected chi connectivity index (χ2v) is 6.35. The van der Waals surface area contributed by atoms with Crippen LogP contribution in [0.25, 0.3) is 0 Å². The molecule has 21 heavy (non-hydrogen) atoms. The van der Waals surface area contributed by atoms with E-state index in [-0.39, 0.29) is 11.9 Å². The number of hydrogen-bond acceptors (Lipinski definition) is 2. The van der Waals surface area contributed by atoms with Crippen molar-refractivity contribution in [2.75, 3.05) is 6.54 Å². The first-order valence-corrected chi connectivity index (χ1v) is 8.10. The van der Waals surface area contributed by atoms with Crippen LogP contribution in [0.2, 0.25) is 0 Å². The Kier molecular flexibility index (Phi) is 6.93. The maximum absolute atomic E-state index is 12.9. The third-order valence-electron chi connectivity index (χ3n) is 4.29. The standard InChI is InChI=1S/C17H29NO3/c1-5-13(6-2)18(11-12(3)4)16(19)14-9-7-8-10-15(14)17(20)21/h7-8,12-15H,5-6,9-11H2,1-4H3,(H,20,21)/t14-,15+/m1/s1. The van der Waals surface area contributed by atoms with Gasteiger partial charge in [0.25, 0.3) is 0 Å². The number of carboxylic acid groups (broad SMARTS) is 1. The van der Waals surface area contributed by atoms with Crippen LogP contribution in [0.15, 0.2) is 12.2 Å². The lowest BCUT2D eigenvalue weighted by Crippen LogP contribution is -2.48. The third kappa shape index (κ3) is 4.58. The number of nitrogens with zero attached hydrogens (tertiary/aromatic N) is 1. The molecule has 1 amide bonds. The van der Waals surface area contributed by atoms with Gasteiger partial charge in [0.2, 0.25) is 5.91 Å².